The molecular weight excluding hydrogens is 383 g/mol. The Morgan fingerprint density at radius 1 is 0.889 bits per heavy atom. The summed E-state index contributed by atoms with van der Waals surface area (Å²) in [7, 11) is 0. The molecule has 2 heterocycles. The van der Waals surface area contributed by atoms with Gasteiger partial charge in [0.2, 0.25) is 0 Å². The molecule has 0 saturated carbocycles. The molecule has 0 radical (unpaired) electrons. The Bertz CT molecular complexity index is 1090. The van der Waals surface area contributed by atoms with Crippen LogP contribution < -0.4 is 5.32 Å². The van der Waals surface area contributed by atoms with Gasteiger partial charge in [0.25, 0.3) is 5.91 Å². The van der Waals surface area contributed by atoms with Crippen molar-refractivity contribution in [1.29, 1.82) is 0 Å². The molecule has 1 amide bonds. The third-order valence-electron chi connectivity index (χ3n) is 3.97. The molecule has 0 aliphatic rings. The van der Waals surface area contributed by atoms with Gasteiger partial charge in [-0.15, -0.1) is 0 Å². The first kappa shape index (κ1) is 17.4. The number of carbonyl (C=O) groups excluding carboxylic acids is 1. The van der Waals surface area contributed by atoms with Crippen LogP contribution in [-0.2, 0) is 0 Å². The van der Waals surface area contributed by atoms with Crippen LogP contribution in [-0.4, -0.2) is 20.3 Å². The van der Waals surface area contributed by atoms with Crippen LogP contribution >= 0.6 is 23.2 Å². The minimum absolute atomic E-state index is 0.286. The molecule has 2 aromatic carbocycles. The number of nitrogens with one attached hydrogen (secondary N) is 1. The maximum absolute atomic E-state index is 12.7. The molecule has 5 nitrogen and oxygen atoms in total. The van der Waals surface area contributed by atoms with E-state index < -0.39 is 0 Å². The summed E-state index contributed by atoms with van der Waals surface area (Å²) in [4.78, 5) is 12.7. The average Bonchev–Trinajstić information content (AvgIpc) is 3.35. The summed E-state index contributed by atoms with van der Waals surface area (Å²) in [6, 6.07) is 20.1. The first-order chi connectivity index (χ1) is 13.1. The van der Waals surface area contributed by atoms with Crippen LogP contribution in [0.15, 0.2) is 79.1 Å². The van der Waals surface area contributed by atoms with Crippen LogP contribution in [0.1, 0.15) is 10.5 Å². The van der Waals surface area contributed by atoms with E-state index in [4.69, 9.17) is 23.2 Å². The van der Waals surface area contributed by atoms with Crippen molar-refractivity contribution in [2.45, 2.75) is 0 Å². The monoisotopic (exact) mass is 396 g/mol. The van der Waals surface area contributed by atoms with Crippen molar-refractivity contribution >= 4 is 34.8 Å². The molecule has 4 rings (SSSR count). The third-order valence-corrected chi connectivity index (χ3v) is 4.71. The Kier molecular flexibility index (Phi) is 4.71. The molecule has 0 fully saturated rings. The van der Waals surface area contributed by atoms with Crippen molar-refractivity contribution < 1.29 is 4.79 Å². The molecule has 0 atom stereocenters. The van der Waals surface area contributed by atoms with Gasteiger partial charge in [-0.05, 0) is 42.5 Å². The lowest BCUT2D eigenvalue weighted by Crippen LogP contribution is -2.13. The standard InChI is InChI=1S/C20H14Cl2N4O/c21-16-9-8-14(12-17(16)22)23-20(27)18-13-19(25-10-4-5-11-25)26(24-18)15-6-2-1-3-7-15/h1-13H,(H,23,27). The van der Waals surface area contributed by atoms with Gasteiger partial charge in [-0.2, -0.15) is 5.10 Å². The Morgan fingerprint density at radius 2 is 1.63 bits per heavy atom. The van der Waals surface area contributed by atoms with E-state index in [2.05, 4.69) is 10.4 Å². The van der Waals surface area contributed by atoms with Crippen molar-refractivity contribution in [3.8, 4) is 11.5 Å². The predicted octanol–water partition coefficient (Wildman–Crippen LogP) is 5.22. The number of benzene rings is 2. The van der Waals surface area contributed by atoms with Crippen LogP contribution in [0.5, 0.6) is 0 Å². The molecule has 0 bridgehead atoms. The quantitative estimate of drug-likeness (QED) is 0.513. The zero-order valence-corrected chi connectivity index (χ0v) is 15.5. The molecule has 0 aliphatic carbocycles. The summed E-state index contributed by atoms with van der Waals surface area (Å²) in [6.45, 7) is 0. The highest BCUT2D eigenvalue weighted by molar-refractivity contribution is 6.42. The number of halogens is 2. The number of hydrogen-bond acceptors (Lipinski definition) is 2. The largest absolute Gasteiger partial charge is 0.321 e. The number of para-hydroxylation sites is 1. The SMILES string of the molecule is O=C(Nc1ccc(Cl)c(Cl)c1)c1cc(-n2cccc2)n(-c2ccccc2)n1. The van der Waals surface area contributed by atoms with E-state index in [-0.39, 0.29) is 11.6 Å². The molecule has 2 aromatic heterocycles. The van der Waals surface area contributed by atoms with E-state index in [9.17, 15) is 4.79 Å². The first-order valence-corrected chi connectivity index (χ1v) is 8.92. The van der Waals surface area contributed by atoms with Crippen molar-refractivity contribution in [2.75, 3.05) is 5.32 Å². The van der Waals surface area contributed by atoms with Gasteiger partial charge in [-0.25, -0.2) is 4.68 Å². The lowest BCUT2D eigenvalue weighted by Gasteiger charge is -2.07. The number of nitrogens with zero attached hydrogens (tertiary/aromatic N) is 3. The maximum atomic E-state index is 12.7. The van der Waals surface area contributed by atoms with Gasteiger partial charge in [-0.3, -0.25) is 4.79 Å². The van der Waals surface area contributed by atoms with Crippen molar-refractivity contribution in [3.63, 3.8) is 0 Å². The van der Waals surface area contributed by atoms with Crippen molar-refractivity contribution in [2.24, 2.45) is 0 Å². The second-order valence-corrected chi connectivity index (χ2v) is 6.62. The zero-order chi connectivity index (χ0) is 18.8. The fourth-order valence-electron chi connectivity index (χ4n) is 2.68. The molecule has 0 aliphatic heterocycles. The van der Waals surface area contributed by atoms with Crippen LogP contribution in [0.25, 0.3) is 11.5 Å². The number of hydrogen-bond donors (Lipinski definition) is 1. The summed E-state index contributed by atoms with van der Waals surface area (Å²) in [5.74, 6) is 0.418. The molecule has 1 N–H and O–H groups in total. The molecule has 7 heteroatoms. The van der Waals surface area contributed by atoms with Gasteiger partial charge < -0.3 is 9.88 Å². The van der Waals surface area contributed by atoms with E-state index in [1.54, 1.807) is 28.9 Å². The van der Waals surface area contributed by atoms with Gasteiger partial charge >= 0.3 is 0 Å². The maximum Gasteiger partial charge on any atom is 0.276 e. The lowest BCUT2D eigenvalue weighted by molar-refractivity contribution is 0.102. The molecule has 0 spiro atoms. The predicted molar refractivity (Wildman–Crippen MR) is 107 cm³/mol. The highest BCUT2D eigenvalue weighted by Gasteiger charge is 2.17. The molecular formula is C20H14Cl2N4O. The first-order valence-electron chi connectivity index (χ1n) is 8.17. The van der Waals surface area contributed by atoms with Crippen LogP contribution in [0.4, 0.5) is 5.69 Å². The molecule has 27 heavy (non-hydrogen) atoms. The topological polar surface area (TPSA) is 51.9 Å². The number of carbonyl (C=O) groups is 1. The Labute approximate surface area is 165 Å². The minimum Gasteiger partial charge on any atom is -0.321 e. The summed E-state index contributed by atoms with van der Waals surface area (Å²) < 4.78 is 3.62. The number of anilines is 1. The molecule has 134 valence electrons. The van der Waals surface area contributed by atoms with E-state index in [1.807, 2.05) is 59.4 Å². The minimum atomic E-state index is -0.337. The summed E-state index contributed by atoms with van der Waals surface area (Å²) in [6.07, 6.45) is 3.80. The Balaban J connectivity index is 1.71. The van der Waals surface area contributed by atoms with Gasteiger partial charge in [-0.1, -0.05) is 41.4 Å². The Morgan fingerprint density at radius 3 is 2.33 bits per heavy atom. The van der Waals surface area contributed by atoms with E-state index in [0.29, 0.717) is 15.7 Å². The fraction of sp³-hybridized carbons (Fsp3) is 0. The number of rotatable bonds is 4. The van der Waals surface area contributed by atoms with Crippen molar-refractivity contribution in [3.05, 3.63) is 94.9 Å². The fourth-order valence-corrected chi connectivity index (χ4v) is 2.98. The highest BCUT2D eigenvalue weighted by atomic mass is 35.5. The smallest absolute Gasteiger partial charge is 0.276 e. The van der Waals surface area contributed by atoms with E-state index in [0.717, 1.165) is 11.5 Å². The Hall–Kier alpha value is -3.02. The highest BCUT2D eigenvalue weighted by Crippen LogP contribution is 2.25. The molecule has 4 aromatic rings. The summed E-state index contributed by atoms with van der Waals surface area (Å²) in [5, 5.41) is 8.09. The second kappa shape index (κ2) is 7.31. The lowest BCUT2D eigenvalue weighted by atomic mass is 10.3. The number of aromatic nitrogens is 3. The van der Waals surface area contributed by atoms with Crippen LogP contribution in [0, 0.1) is 0 Å². The number of amides is 1. The average molecular weight is 397 g/mol. The van der Waals surface area contributed by atoms with Crippen molar-refractivity contribution in [1.82, 2.24) is 14.3 Å². The molecule has 0 saturated heterocycles. The second-order valence-electron chi connectivity index (χ2n) is 5.81. The summed E-state index contributed by atoms with van der Waals surface area (Å²) in [5.41, 5.74) is 1.69. The van der Waals surface area contributed by atoms with Gasteiger partial charge in [0.05, 0.1) is 15.7 Å². The summed E-state index contributed by atoms with van der Waals surface area (Å²) >= 11 is 11.9. The normalized spacial score (nSPS) is 10.7. The van der Waals surface area contributed by atoms with Crippen LogP contribution in [0.3, 0.4) is 0 Å². The molecule has 0 unspecified atom stereocenters. The van der Waals surface area contributed by atoms with E-state index in [1.165, 1.54) is 0 Å². The van der Waals surface area contributed by atoms with Crippen LogP contribution in [0.2, 0.25) is 10.0 Å². The van der Waals surface area contributed by atoms with Gasteiger partial charge in [0.15, 0.2) is 5.69 Å². The van der Waals surface area contributed by atoms with Gasteiger partial charge in [0.1, 0.15) is 5.82 Å². The zero-order valence-electron chi connectivity index (χ0n) is 14.0. The third kappa shape index (κ3) is 3.60. The van der Waals surface area contributed by atoms with E-state index >= 15 is 0 Å². The van der Waals surface area contributed by atoms with Gasteiger partial charge in [0, 0.05) is 24.1 Å².